The first-order chi connectivity index (χ1) is 15.0. The molecule has 0 saturated carbocycles. The molecule has 0 unspecified atom stereocenters. The number of nitrogens with zero attached hydrogens (tertiary/aromatic N) is 1. The van der Waals surface area contributed by atoms with E-state index in [2.05, 4.69) is 59.8 Å². The van der Waals surface area contributed by atoms with E-state index in [0.29, 0.717) is 19.3 Å². The molecule has 0 aromatic carbocycles. The average Bonchev–Trinajstić information content (AvgIpc) is 2.67. The lowest BCUT2D eigenvalue weighted by Gasteiger charge is -2.44. The van der Waals surface area contributed by atoms with Gasteiger partial charge in [0.05, 0.1) is 39.6 Å². The van der Waals surface area contributed by atoms with E-state index in [0.717, 1.165) is 26.4 Å². The van der Waals surface area contributed by atoms with E-state index in [1.54, 1.807) is 0 Å². The fraction of sp³-hybridized carbons (Fsp3) is 1.00. The largest absolute Gasteiger partial charge is 0.328 e. The van der Waals surface area contributed by atoms with E-state index in [1.165, 1.54) is 0 Å². The summed E-state index contributed by atoms with van der Waals surface area (Å²) in [4.78, 5) is 0. The molecule has 33 heavy (non-hydrogen) atoms. The van der Waals surface area contributed by atoms with Gasteiger partial charge in [-0.2, -0.15) is 4.44 Å². The van der Waals surface area contributed by atoms with Crippen molar-refractivity contribution in [2.75, 3.05) is 39.6 Å². The Morgan fingerprint density at radius 2 is 0.879 bits per heavy atom. The molecule has 198 valence electrons. The maximum absolute atomic E-state index is 5.95. The lowest BCUT2D eigenvalue weighted by atomic mass is 9.97. The van der Waals surface area contributed by atoms with Crippen LogP contribution in [0.25, 0.3) is 0 Å². The van der Waals surface area contributed by atoms with Crippen molar-refractivity contribution in [2.24, 2.45) is 22.0 Å². The second-order valence-corrected chi connectivity index (χ2v) is 16.4. The second kappa shape index (κ2) is 14.3. The van der Waals surface area contributed by atoms with Crippen LogP contribution in [-0.2, 0) is 27.1 Å². The molecule has 0 aromatic rings. The highest BCUT2D eigenvalue weighted by Gasteiger charge is 2.42. The molecule has 2 N–H and O–H groups in total. The molecule has 0 spiro atoms. The molecule has 3 aliphatic rings. The topological polar surface area (TPSA) is 84.6 Å². The summed E-state index contributed by atoms with van der Waals surface area (Å²) < 4.78 is 36.1. The van der Waals surface area contributed by atoms with Crippen molar-refractivity contribution in [1.82, 2.24) is 4.44 Å². The number of hydrogen-bond donors (Lipinski definition) is 1. The predicted molar refractivity (Wildman–Crippen MR) is 140 cm³/mol. The zero-order chi connectivity index (χ0) is 25.4. The Morgan fingerprint density at radius 1 is 0.636 bits per heavy atom. The summed E-state index contributed by atoms with van der Waals surface area (Å²) in [5, 5.41) is 0. The number of hydrogen-bond acceptors (Lipinski definition) is 8. The Bertz CT molecular complexity index is 511. The van der Waals surface area contributed by atoms with Gasteiger partial charge in [0.2, 0.25) is 0 Å². The van der Waals surface area contributed by atoms with Crippen molar-refractivity contribution in [3.8, 4) is 0 Å². The summed E-state index contributed by atoms with van der Waals surface area (Å²) in [6.45, 7) is 25.2. The average molecular weight is 551 g/mol. The molecule has 0 radical (unpaired) electrons. The lowest BCUT2D eigenvalue weighted by Crippen LogP contribution is -2.36. The highest BCUT2D eigenvalue weighted by Crippen LogP contribution is 2.64. The third kappa shape index (κ3) is 13.4. The van der Waals surface area contributed by atoms with Crippen LogP contribution in [0.5, 0.6) is 0 Å². The summed E-state index contributed by atoms with van der Waals surface area (Å²) in [6, 6.07) is 0.606. The van der Waals surface area contributed by atoms with E-state index in [-0.39, 0.29) is 22.3 Å². The molecule has 3 rings (SSSR count). The first kappa shape index (κ1) is 32.3. The SMILES string of the molecule is CC(C)N.CC(C)N(P1OCC(C)(C)CO1)P1OCC(C)(C)CO1.CC1(C)COP(Cl)OC1. The Hall–Kier alpha value is 1.26. The van der Waals surface area contributed by atoms with Gasteiger partial charge in [0.1, 0.15) is 0 Å². The molecule has 12 heteroatoms. The number of halogens is 1. The summed E-state index contributed by atoms with van der Waals surface area (Å²) in [5.74, 6) is 0. The molecule has 0 bridgehead atoms. The van der Waals surface area contributed by atoms with Crippen LogP contribution in [0.15, 0.2) is 0 Å². The summed E-state index contributed by atoms with van der Waals surface area (Å²) >= 11 is 5.56. The molecular weight excluding hydrogens is 505 g/mol. The van der Waals surface area contributed by atoms with Gasteiger partial charge in [0.25, 0.3) is 24.8 Å². The van der Waals surface area contributed by atoms with Crippen LogP contribution in [-0.4, -0.2) is 56.2 Å². The quantitative estimate of drug-likeness (QED) is 0.370. The first-order valence-electron chi connectivity index (χ1n) is 11.4. The maximum Gasteiger partial charge on any atom is 0.276 e. The van der Waals surface area contributed by atoms with Gasteiger partial charge >= 0.3 is 0 Å². The number of nitrogens with two attached hydrogens (primary N) is 1. The third-order valence-electron chi connectivity index (χ3n) is 4.17. The van der Waals surface area contributed by atoms with Gasteiger partial charge < -0.3 is 32.9 Å². The van der Waals surface area contributed by atoms with Crippen LogP contribution in [0.4, 0.5) is 0 Å². The lowest BCUT2D eigenvalue weighted by molar-refractivity contribution is 0.0306. The van der Waals surface area contributed by atoms with E-state index in [1.807, 2.05) is 13.8 Å². The molecule has 8 nitrogen and oxygen atoms in total. The molecule has 0 atom stereocenters. The van der Waals surface area contributed by atoms with Crippen molar-refractivity contribution in [3.63, 3.8) is 0 Å². The Kier molecular flexibility index (Phi) is 14.0. The fourth-order valence-electron chi connectivity index (χ4n) is 2.28. The molecule has 0 aliphatic carbocycles. The zero-order valence-electron chi connectivity index (χ0n) is 22.1. The summed E-state index contributed by atoms with van der Waals surface area (Å²) in [5.41, 5.74) is 5.43. The third-order valence-corrected chi connectivity index (χ3v) is 9.29. The van der Waals surface area contributed by atoms with E-state index < -0.39 is 24.8 Å². The highest BCUT2D eigenvalue weighted by atomic mass is 35.7. The van der Waals surface area contributed by atoms with Gasteiger partial charge in [0.15, 0.2) is 0 Å². The van der Waals surface area contributed by atoms with E-state index in [4.69, 9.17) is 44.1 Å². The Morgan fingerprint density at radius 3 is 1.09 bits per heavy atom. The minimum Gasteiger partial charge on any atom is -0.328 e. The maximum atomic E-state index is 5.95. The Balaban J connectivity index is 0.000000345. The monoisotopic (exact) mass is 550 g/mol. The van der Waals surface area contributed by atoms with Crippen LogP contribution in [0.2, 0.25) is 0 Å². The predicted octanol–water partition coefficient (Wildman–Crippen LogP) is 7.18. The molecule has 3 saturated heterocycles. The van der Waals surface area contributed by atoms with Crippen LogP contribution in [0, 0.1) is 16.2 Å². The van der Waals surface area contributed by atoms with Crippen molar-refractivity contribution >= 4 is 36.0 Å². The van der Waals surface area contributed by atoms with Crippen molar-refractivity contribution in [1.29, 1.82) is 0 Å². The fourth-order valence-corrected chi connectivity index (χ4v) is 7.86. The Labute approximate surface area is 210 Å². The van der Waals surface area contributed by atoms with Gasteiger partial charge in [-0.15, -0.1) is 0 Å². The smallest absolute Gasteiger partial charge is 0.276 e. The van der Waals surface area contributed by atoms with Gasteiger partial charge in [-0.1, -0.05) is 55.4 Å². The van der Waals surface area contributed by atoms with E-state index in [9.17, 15) is 0 Å². The second-order valence-electron chi connectivity index (χ2n) is 11.5. The molecule has 3 fully saturated rings. The van der Waals surface area contributed by atoms with E-state index >= 15 is 0 Å². The van der Waals surface area contributed by atoms with Crippen LogP contribution in [0.3, 0.4) is 0 Å². The summed E-state index contributed by atoms with van der Waals surface area (Å²) in [6.07, 6.45) is 0. The molecule has 0 aromatic heterocycles. The molecule has 0 amide bonds. The van der Waals surface area contributed by atoms with Crippen molar-refractivity contribution in [2.45, 2.75) is 81.3 Å². The minimum absolute atomic E-state index is 0.0883. The zero-order valence-corrected chi connectivity index (χ0v) is 25.5. The highest BCUT2D eigenvalue weighted by molar-refractivity contribution is 7.76. The molecule has 3 heterocycles. The first-order valence-corrected chi connectivity index (χ1v) is 15.8. The van der Waals surface area contributed by atoms with Crippen LogP contribution in [0.1, 0.15) is 69.2 Å². The van der Waals surface area contributed by atoms with Gasteiger partial charge in [-0.05, 0) is 31.1 Å². The normalized spacial score (nSPS) is 25.9. The number of rotatable bonds is 3. The van der Waals surface area contributed by atoms with Crippen molar-refractivity contribution < 1.29 is 27.1 Å². The summed E-state index contributed by atoms with van der Waals surface area (Å²) in [7, 11) is -3.23. The molecular formula is C21H46ClN2O6P3. The van der Waals surface area contributed by atoms with Crippen LogP contribution >= 0.6 is 36.0 Å². The molecule has 3 aliphatic heterocycles. The van der Waals surface area contributed by atoms with Crippen molar-refractivity contribution in [3.05, 3.63) is 0 Å². The minimum atomic E-state index is -1.08. The van der Waals surface area contributed by atoms with Gasteiger partial charge in [-0.3, -0.25) is 0 Å². The van der Waals surface area contributed by atoms with Crippen LogP contribution < -0.4 is 5.73 Å². The van der Waals surface area contributed by atoms with Gasteiger partial charge in [0, 0.05) is 22.3 Å². The standard InChI is InChI=1S/C13H27NO4P2.C5H10ClO2P.C3H9N/c1-11(2)14(19-15-7-12(3,4)8-16-19)20-17-9-13(5,6)10-18-20;1-5(2)3-7-9(6)8-4-5;1-3(2)4/h11H,7-10H2,1-6H3;3-4H2,1-2H3;3H,4H2,1-2H3. The van der Waals surface area contributed by atoms with Gasteiger partial charge in [-0.25, -0.2) is 0 Å².